The predicted molar refractivity (Wildman–Crippen MR) is 139 cm³/mol. The molecule has 2 aromatic carbocycles. The number of nitrogens with zero attached hydrogens (tertiary/aromatic N) is 5. The molecule has 0 radical (unpaired) electrons. The molecular formula is C28H30FN5O3. The van der Waals surface area contributed by atoms with E-state index in [-0.39, 0.29) is 18.3 Å². The van der Waals surface area contributed by atoms with Crippen LogP contribution >= 0.6 is 0 Å². The van der Waals surface area contributed by atoms with Gasteiger partial charge in [0.25, 0.3) is 5.72 Å². The Kier molecular flexibility index (Phi) is 6.45. The molecule has 1 saturated heterocycles. The third-order valence-electron chi connectivity index (χ3n) is 6.91. The maximum Gasteiger partial charge on any atom is 0.254 e. The summed E-state index contributed by atoms with van der Waals surface area (Å²) in [6.07, 6.45) is 7.51. The van der Waals surface area contributed by atoms with E-state index in [9.17, 15) is 9.18 Å². The van der Waals surface area contributed by atoms with E-state index in [1.807, 2.05) is 35.9 Å². The van der Waals surface area contributed by atoms with E-state index in [0.717, 1.165) is 52.5 Å². The van der Waals surface area contributed by atoms with Crippen LogP contribution in [0.15, 0.2) is 65.7 Å². The van der Waals surface area contributed by atoms with Gasteiger partial charge in [0.1, 0.15) is 11.6 Å². The second-order valence-corrected chi connectivity index (χ2v) is 9.45. The molecule has 192 valence electrons. The standard InChI is InChI=1S/C28H30FN5O3/c1-19-16-33(18-30-19)25-12-7-21(15-26(25)36-4)14-22-6-5-13-34-27(22)31-37-28(34,17-32(3)20(2)35)23-8-10-24(29)11-9-23/h7-12,14-16,18H,5-6,13,17H2,1-4H3/b22-14+/t28-/m1/s1. The Morgan fingerprint density at radius 3 is 2.73 bits per heavy atom. The summed E-state index contributed by atoms with van der Waals surface area (Å²) in [6.45, 7) is 4.41. The van der Waals surface area contributed by atoms with Crippen LogP contribution in [-0.4, -0.2) is 58.3 Å². The average molecular weight is 504 g/mol. The molecule has 3 heterocycles. The summed E-state index contributed by atoms with van der Waals surface area (Å²) in [5, 5.41) is 4.51. The molecule has 1 fully saturated rings. The van der Waals surface area contributed by atoms with Gasteiger partial charge in [-0.1, -0.05) is 11.2 Å². The van der Waals surface area contributed by atoms with Crippen molar-refractivity contribution in [1.82, 2.24) is 19.4 Å². The molecule has 0 spiro atoms. The number of aromatic nitrogens is 2. The van der Waals surface area contributed by atoms with Gasteiger partial charge in [-0.05, 0) is 73.4 Å². The first-order valence-corrected chi connectivity index (χ1v) is 12.2. The number of aryl methyl sites for hydroxylation is 1. The summed E-state index contributed by atoms with van der Waals surface area (Å²) in [7, 11) is 3.38. The SMILES string of the molecule is COc1cc(/C=C2\CCCN3C2=NO[C@]3(CN(C)C(C)=O)c2ccc(F)cc2)ccc1-n1cnc(C)c1. The van der Waals surface area contributed by atoms with Crippen LogP contribution in [0.3, 0.4) is 0 Å². The molecule has 1 aromatic heterocycles. The number of ether oxygens (including phenoxy) is 1. The number of imidazole rings is 1. The Balaban J connectivity index is 1.50. The summed E-state index contributed by atoms with van der Waals surface area (Å²) >= 11 is 0. The van der Waals surface area contributed by atoms with E-state index in [1.54, 1.807) is 37.5 Å². The average Bonchev–Trinajstić information content (AvgIpc) is 3.49. The lowest BCUT2D eigenvalue weighted by Crippen LogP contribution is -2.55. The number of amides is 1. The number of carbonyl (C=O) groups is 1. The fourth-order valence-corrected chi connectivity index (χ4v) is 4.89. The fraction of sp³-hybridized carbons (Fsp3) is 0.321. The number of hydrogen-bond acceptors (Lipinski definition) is 6. The molecule has 0 N–H and O–H groups in total. The number of piperidine rings is 1. The van der Waals surface area contributed by atoms with E-state index in [2.05, 4.69) is 21.1 Å². The number of likely N-dealkylation sites (N-methyl/N-ethyl adjacent to an activating group) is 1. The smallest absolute Gasteiger partial charge is 0.254 e. The van der Waals surface area contributed by atoms with Gasteiger partial charge in [-0.25, -0.2) is 9.37 Å². The Labute approximate surface area is 215 Å². The van der Waals surface area contributed by atoms with Crippen molar-refractivity contribution in [1.29, 1.82) is 0 Å². The maximum absolute atomic E-state index is 13.8. The molecule has 37 heavy (non-hydrogen) atoms. The number of rotatable bonds is 6. The van der Waals surface area contributed by atoms with E-state index in [0.29, 0.717) is 6.54 Å². The lowest BCUT2D eigenvalue weighted by molar-refractivity contribution is -0.145. The van der Waals surface area contributed by atoms with Crippen molar-refractivity contribution in [3.63, 3.8) is 0 Å². The minimum absolute atomic E-state index is 0.0911. The zero-order valence-corrected chi connectivity index (χ0v) is 21.4. The van der Waals surface area contributed by atoms with Gasteiger partial charge in [0.2, 0.25) is 5.91 Å². The first-order valence-electron chi connectivity index (χ1n) is 12.2. The summed E-state index contributed by atoms with van der Waals surface area (Å²) < 4.78 is 21.4. The molecule has 3 aromatic rings. The number of fused-ring (bicyclic) bond motifs is 1. The van der Waals surface area contributed by atoms with Gasteiger partial charge in [0.15, 0.2) is 5.84 Å². The molecule has 0 bridgehead atoms. The first-order chi connectivity index (χ1) is 17.8. The summed E-state index contributed by atoms with van der Waals surface area (Å²) in [6, 6.07) is 12.2. The molecule has 0 saturated carbocycles. The van der Waals surface area contributed by atoms with Crippen molar-refractivity contribution in [3.05, 3.63) is 83.2 Å². The van der Waals surface area contributed by atoms with Crippen molar-refractivity contribution in [2.45, 2.75) is 32.4 Å². The Hall–Kier alpha value is -4.14. The molecule has 2 aliphatic rings. The predicted octanol–water partition coefficient (Wildman–Crippen LogP) is 4.48. The van der Waals surface area contributed by atoms with Gasteiger partial charge in [-0.3, -0.25) is 4.79 Å². The van der Waals surface area contributed by atoms with Crippen molar-refractivity contribution in [2.75, 3.05) is 27.2 Å². The molecular weight excluding hydrogens is 473 g/mol. The summed E-state index contributed by atoms with van der Waals surface area (Å²) in [5.74, 6) is 1.03. The topological polar surface area (TPSA) is 72.2 Å². The minimum Gasteiger partial charge on any atom is -0.495 e. The van der Waals surface area contributed by atoms with Crippen LogP contribution in [-0.2, 0) is 15.4 Å². The van der Waals surface area contributed by atoms with Crippen LogP contribution < -0.4 is 4.74 Å². The lowest BCUT2D eigenvalue weighted by Gasteiger charge is -2.41. The van der Waals surface area contributed by atoms with Crippen LogP contribution in [0.25, 0.3) is 11.8 Å². The second kappa shape index (κ2) is 9.72. The Morgan fingerprint density at radius 1 is 1.27 bits per heavy atom. The first kappa shape index (κ1) is 24.5. The van der Waals surface area contributed by atoms with Gasteiger partial charge in [-0.15, -0.1) is 0 Å². The van der Waals surface area contributed by atoms with Crippen LogP contribution in [0.5, 0.6) is 5.75 Å². The molecule has 9 heteroatoms. The highest BCUT2D eigenvalue weighted by molar-refractivity contribution is 6.03. The van der Waals surface area contributed by atoms with Crippen molar-refractivity contribution >= 4 is 17.8 Å². The van der Waals surface area contributed by atoms with Gasteiger partial charge in [0.05, 0.1) is 31.4 Å². The van der Waals surface area contributed by atoms with Crippen molar-refractivity contribution < 1.29 is 18.8 Å². The summed E-state index contributed by atoms with van der Waals surface area (Å²) in [5.41, 5.74) is 3.52. The number of hydrogen-bond donors (Lipinski definition) is 0. The highest BCUT2D eigenvalue weighted by Crippen LogP contribution is 2.41. The molecule has 1 amide bonds. The van der Waals surface area contributed by atoms with Gasteiger partial charge >= 0.3 is 0 Å². The van der Waals surface area contributed by atoms with Crippen molar-refractivity contribution in [2.24, 2.45) is 5.16 Å². The second-order valence-electron chi connectivity index (χ2n) is 9.45. The number of oxime groups is 1. The van der Waals surface area contributed by atoms with Crippen LogP contribution in [0.1, 0.15) is 36.6 Å². The normalized spacial score (nSPS) is 19.9. The van der Waals surface area contributed by atoms with E-state index < -0.39 is 5.72 Å². The minimum atomic E-state index is -1.04. The fourth-order valence-electron chi connectivity index (χ4n) is 4.89. The van der Waals surface area contributed by atoms with Crippen LogP contribution in [0.4, 0.5) is 4.39 Å². The number of amidine groups is 1. The number of halogens is 1. The van der Waals surface area contributed by atoms with E-state index >= 15 is 0 Å². The number of carbonyl (C=O) groups excluding carboxylic acids is 1. The number of methoxy groups -OCH3 is 1. The number of benzene rings is 2. The highest BCUT2D eigenvalue weighted by Gasteiger charge is 2.50. The van der Waals surface area contributed by atoms with Gasteiger partial charge < -0.3 is 23.9 Å². The van der Waals surface area contributed by atoms with E-state index in [1.165, 1.54) is 19.1 Å². The quantitative estimate of drug-likeness (QED) is 0.496. The summed E-state index contributed by atoms with van der Waals surface area (Å²) in [4.78, 5) is 26.3. The van der Waals surface area contributed by atoms with E-state index in [4.69, 9.17) is 9.57 Å². The third kappa shape index (κ3) is 4.57. The third-order valence-corrected chi connectivity index (χ3v) is 6.91. The zero-order valence-electron chi connectivity index (χ0n) is 21.4. The Bertz CT molecular complexity index is 1380. The molecule has 5 rings (SSSR count). The monoisotopic (exact) mass is 503 g/mol. The van der Waals surface area contributed by atoms with Crippen LogP contribution in [0, 0.1) is 12.7 Å². The van der Waals surface area contributed by atoms with Crippen molar-refractivity contribution in [3.8, 4) is 11.4 Å². The largest absolute Gasteiger partial charge is 0.495 e. The highest BCUT2D eigenvalue weighted by atomic mass is 19.1. The Morgan fingerprint density at radius 2 is 2.05 bits per heavy atom. The molecule has 8 nitrogen and oxygen atoms in total. The lowest BCUT2D eigenvalue weighted by atomic mass is 9.94. The maximum atomic E-state index is 13.8. The van der Waals surface area contributed by atoms with Gasteiger partial charge in [0, 0.05) is 32.3 Å². The molecule has 0 aliphatic carbocycles. The van der Waals surface area contributed by atoms with Gasteiger partial charge in [-0.2, -0.15) is 0 Å². The zero-order chi connectivity index (χ0) is 26.2. The molecule has 0 unspecified atom stereocenters. The molecule has 1 atom stereocenters. The molecule has 2 aliphatic heterocycles. The van der Waals surface area contributed by atoms with Crippen LogP contribution in [0.2, 0.25) is 0 Å².